The van der Waals surface area contributed by atoms with E-state index in [0.717, 1.165) is 11.0 Å². The van der Waals surface area contributed by atoms with Gasteiger partial charge in [-0.15, -0.1) is 0 Å². The molecule has 3 rings (SSSR count). The lowest BCUT2D eigenvalue weighted by Gasteiger charge is -2.02. The van der Waals surface area contributed by atoms with Crippen LogP contribution in [0.15, 0.2) is 53.6 Å². The first-order valence-electron chi connectivity index (χ1n) is 7.61. The molecular weight excluding hydrogens is 320 g/mol. The van der Waals surface area contributed by atoms with Gasteiger partial charge in [0.2, 0.25) is 5.91 Å². The van der Waals surface area contributed by atoms with Crippen molar-refractivity contribution in [1.82, 2.24) is 15.0 Å². The fourth-order valence-corrected chi connectivity index (χ4v) is 2.51. The van der Waals surface area contributed by atoms with E-state index in [1.54, 1.807) is 18.2 Å². The molecule has 1 amide bonds. The number of aromatic carboxylic acids is 1. The maximum atomic E-state index is 12.1. The topological polar surface area (TPSA) is 96.6 Å². The summed E-state index contributed by atoms with van der Waals surface area (Å²) >= 11 is 0. The number of nitrogens with one attached hydrogen (secondary N) is 1. The third kappa shape index (κ3) is 3.55. The molecule has 0 aliphatic carbocycles. The largest absolute Gasteiger partial charge is 0.478 e. The van der Waals surface area contributed by atoms with Crippen molar-refractivity contribution < 1.29 is 14.7 Å². The molecule has 0 fully saturated rings. The van der Waals surface area contributed by atoms with E-state index in [4.69, 9.17) is 5.11 Å². The molecule has 0 spiro atoms. The number of carboxylic acids is 1. The van der Waals surface area contributed by atoms with Crippen LogP contribution in [0.25, 0.3) is 11.0 Å². The number of hydrogen-bond donors (Lipinski definition) is 2. The minimum atomic E-state index is -1.05. The zero-order valence-electron chi connectivity index (χ0n) is 13.5. The quantitative estimate of drug-likeness (QED) is 0.550. The van der Waals surface area contributed by atoms with Crippen LogP contribution in [0.3, 0.4) is 0 Å². The zero-order chi connectivity index (χ0) is 17.8. The monoisotopic (exact) mass is 336 g/mol. The van der Waals surface area contributed by atoms with E-state index in [9.17, 15) is 9.59 Å². The molecule has 0 saturated carbocycles. The predicted octanol–water partition coefficient (Wildman–Crippen LogP) is 1.96. The molecule has 0 atom stereocenters. The van der Waals surface area contributed by atoms with E-state index in [2.05, 4.69) is 15.5 Å². The Morgan fingerprint density at radius 3 is 2.68 bits per heavy atom. The number of aryl methyl sites for hydroxylation is 1. The number of aromatic nitrogens is 2. The molecular formula is C18H16N4O3. The summed E-state index contributed by atoms with van der Waals surface area (Å²) in [6, 6.07) is 14.1. The third-order valence-corrected chi connectivity index (χ3v) is 3.78. The van der Waals surface area contributed by atoms with Gasteiger partial charge in [0.15, 0.2) is 0 Å². The molecule has 0 aliphatic heterocycles. The van der Waals surface area contributed by atoms with Crippen LogP contribution in [0, 0.1) is 0 Å². The Morgan fingerprint density at radius 2 is 1.92 bits per heavy atom. The van der Waals surface area contributed by atoms with Crippen molar-refractivity contribution >= 4 is 29.1 Å². The Morgan fingerprint density at radius 1 is 1.20 bits per heavy atom. The van der Waals surface area contributed by atoms with Crippen molar-refractivity contribution in [2.75, 3.05) is 0 Å². The highest BCUT2D eigenvalue weighted by Crippen LogP contribution is 2.14. The van der Waals surface area contributed by atoms with Gasteiger partial charge in [-0.05, 0) is 18.2 Å². The number of nitrogens with zero attached hydrogens (tertiary/aromatic N) is 3. The normalized spacial score (nSPS) is 11.1. The molecule has 25 heavy (non-hydrogen) atoms. The first-order chi connectivity index (χ1) is 12.1. The van der Waals surface area contributed by atoms with E-state index in [-0.39, 0.29) is 17.9 Å². The smallest absolute Gasteiger partial charge is 0.336 e. The Labute approximate surface area is 143 Å². The number of fused-ring (bicyclic) bond motifs is 1. The molecule has 7 nitrogen and oxygen atoms in total. The molecule has 0 unspecified atom stereocenters. The van der Waals surface area contributed by atoms with Crippen molar-refractivity contribution in [1.29, 1.82) is 0 Å². The maximum absolute atomic E-state index is 12.1. The van der Waals surface area contributed by atoms with Crippen LogP contribution in [-0.4, -0.2) is 32.7 Å². The summed E-state index contributed by atoms with van der Waals surface area (Å²) in [5, 5.41) is 12.9. The minimum absolute atomic E-state index is 0.0725. The Hall–Kier alpha value is -3.48. The summed E-state index contributed by atoms with van der Waals surface area (Å²) in [5.41, 5.74) is 4.71. The summed E-state index contributed by atoms with van der Waals surface area (Å²) in [6.45, 7) is 0. The van der Waals surface area contributed by atoms with Crippen LogP contribution in [0.2, 0.25) is 0 Å². The molecule has 0 aliphatic rings. The molecule has 0 radical (unpaired) electrons. The molecule has 1 heterocycles. The number of rotatable bonds is 5. The van der Waals surface area contributed by atoms with Crippen molar-refractivity contribution in [3.05, 3.63) is 65.5 Å². The fourth-order valence-electron chi connectivity index (χ4n) is 2.51. The summed E-state index contributed by atoms with van der Waals surface area (Å²) in [6.07, 6.45) is 1.39. The molecule has 0 bridgehead atoms. The van der Waals surface area contributed by atoms with Crippen molar-refractivity contribution in [2.24, 2.45) is 12.1 Å². The molecule has 0 saturated heterocycles. The predicted molar refractivity (Wildman–Crippen MR) is 93.6 cm³/mol. The van der Waals surface area contributed by atoms with E-state index in [0.29, 0.717) is 11.4 Å². The minimum Gasteiger partial charge on any atom is -0.478 e. The van der Waals surface area contributed by atoms with Crippen molar-refractivity contribution in [3.63, 3.8) is 0 Å². The second-order valence-corrected chi connectivity index (χ2v) is 5.44. The highest BCUT2D eigenvalue weighted by molar-refractivity contribution is 5.98. The van der Waals surface area contributed by atoms with Crippen LogP contribution >= 0.6 is 0 Å². The van der Waals surface area contributed by atoms with E-state index >= 15 is 0 Å². The van der Waals surface area contributed by atoms with Crippen LogP contribution in [0.1, 0.15) is 21.7 Å². The number of hydrogen-bond acceptors (Lipinski definition) is 4. The lowest BCUT2D eigenvalue weighted by atomic mass is 10.1. The van der Waals surface area contributed by atoms with Gasteiger partial charge in [-0.1, -0.05) is 30.3 Å². The molecule has 1 aromatic heterocycles. The van der Waals surface area contributed by atoms with Gasteiger partial charge < -0.3 is 9.67 Å². The number of carboxylic acid groups (broad SMARTS) is 1. The van der Waals surface area contributed by atoms with Gasteiger partial charge >= 0.3 is 5.97 Å². The van der Waals surface area contributed by atoms with Gasteiger partial charge in [0.1, 0.15) is 5.82 Å². The number of para-hydroxylation sites is 2. The fraction of sp³-hybridized carbons (Fsp3) is 0.111. The van der Waals surface area contributed by atoms with Crippen LogP contribution in [0.4, 0.5) is 0 Å². The summed E-state index contributed by atoms with van der Waals surface area (Å²) in [4.78, 5) is 27.6. The first kappa shape index (κ1) is 16.4. The second kappa shape index (κ2) is 6.96. The Kier molecular flexibility index (Phi) is 4.56. The third-order valence-electron chi connectivity index (χ3n) is 3.78. The second-order valence-electron chi connectivity index (χ2n) is 5.44. The molecule has 126 valence electrons. The number of benzene rings is 2. The van der Waals surface area contributed by atoms with Crippen LogP contribution in [-0.2, 0) is 18.3 Å². The maximum Gasteiger partial charge on any atom is 0.336 e. The summed E-state index contributed by atoms with van der Waals surface area (Å²) < 4.78 is 1.86. The molecule has 7 heteroatoms. The standard InChI is InChI=1S/C18H16N4O3/c1-22-15-9-5-4-8-14(15)20-16(22)10-17(23)21-19-11-12-6-2-3-7-13(12)18(24)25/h2-9,11H,10H2,1H3,(H,21,23)(H,24,25). The lowest BCUT2D eigenvalue weighted by Crippen LogP contribution is -2.21. The van der Waals surface area contributed by atoms with Crippen molar-refractivity contribution in [3.8, 4) is 0 Å². The molecule has 3 aromatic rings. The lowest BCUT2D eigenvalue weighted by molar-refractivity contribution is -0.120. The van der Waals surface area contributed by atoms with Gasteiger partial charge in [-0.25, -0.2) is 15.2 Å². The van der Waals surface area contributed by atoms with Crippen LogP contribution in [0.5, 0.6) is 0 Å². The number of carbonyl (C=O) groups excluding carboxylic acids is 1. The van der Waals surface area contributed by atoms with Crippen molar-refractivity contribution in [2.45, 2.75) is 6.42 Å². The highest BCUT2D eigenvalue weighted by atomic mass is 16.4. The van der Waals surface area contributed by atoms with Gasteiger partial charge in [-0.3, -0.25) is 4.79 Å². The van der Waals surface area contributed by atoms with E-state index < -0.39 is 5.97 Å². The average molecular weight is 336 g/mol. The molecule has 2 N–H and O–H groups in total. The van der Waals surface area contributed by atoms with Crippen LogP contribution < -0.4 is 5.43 Å². The summed E-state index contributed by atoms with van der Waals surface area (Å²) in [5.74, 6) is -0.754. The first-order valence-corrected chi connectivity index (χ1v) is 7.61. The number of amides is 1. The van der Waals surface area contributed by atoms with Gasteiger partial charge in [0.05, 0.1) is 29.2 Å². The number of carbonyl (C=O) groups is 2. The van der Waals surface area contributed by atoms with E-state index in [1.165, 1.54) is 12.3 Å². The SMILES string of the molecule is Cn1c(CC(=O)NN=Cc2ccccc2C(=O)O)nc2ccccc21. The molecule has 2 aromatic carbocycles. The van der Waals surface area contributed by atoms with Gasteiger partial charge in [0.25, 0.3) is 0 Å². The summed E-state index contributed by atoms with van der Waals surface area (Å²) in [7, 11) is 1.85. The Bertz CT molecular complexity index is 975. The number of imidazole rings is 1. The van der Waals surface area contributed by atoms with Gasteiger partial charge in [-0.2, -0.15) is 5.10 Å². The Balaban J connectivity index is 1.69. The zero-order valence-corrected chi connectivity index (χ0v) is 13.5. The van der Waals surface area contributed by atoms with E-state index in [1.807, 2.05) is 35.9 Å². The highest BCUT2D eigenvalue weighted by Gasteiger charge is 2.11. The average Bonchev–Trinajstić information content (AvgIpc) is 2.91. The van der Waals surface area contributed by atoms with Gasteiger partial charge in [0, 0.05) is 12.6 Å². The number of hydrazone groups is 1.